The number of fused-ring (bicyclic) bond motifs is 1. The number of amides is 1. The van der Waals surface area contributed by atoms with Gasteiger partial charge in [0, 0.05) is 17.1 Å². The van der Waals surface area contributed by atoms with Crippen LogP contribution in [0.4, 0.5) is 17.2 Å². The van der Waals surface area contributed by atoms with Crippen molar-refractivity contribution in [2.75, 3.05) is 17.2 Å². The number of hydrogen-bond acceptors (Lipinski definition) is 6. The second kappa shape index (κ2) is 9.61. The molecule has 1 amide bonds. The molecule has 4 rings (SSSR count). The van der Waals surface area contributed by atoms with Gasteiger partial charge in [-0.2, -0.15) is 0 Å². The maximum absolute atomic E-state index is 11.9. The van der Waals surface area contributed by atoms with Crippen molar-refractivity contribution < 1.29 is 14.3 Å². The lowest BCUT2D eigenvalue weighted by atomic mass is 10.1. The van der Waals surface area contributed by atoms with Crippen LogP contribution in [0.5, 0.6) is 17.2 Å². The number of rotatable bonds is 8. The number of nitrogens with zero attached hydrogens (tertiary/aromatic N) is 2. The zero-order valence-electron chi connectivity index (χ0n) is 17.5. The van der Waals surface area contributed by atoms with Gasteiger partial charge in [-0.3, -0.25) is 4.79 Å². The molecule has 32 heavy (non-hydrogen) atoms. The molecule has 0 aliphatic rings. The summed E-state index contributed by atoms with van der Waals surface area (Å²) in [4.78, 5) is 20.6. The molecule has 0 aliphatic heterocycles. The molecule has 0 saturated carbocycles. The zero-order chi connectivity index (χ0) is 22.3. The van der Waals surface area contributed by atoms with Crippen LogP contribution in [0.2, 0.25) is 0 Å². The normalized spacial score (nSPS) is 10.4. The van der Waals surface area contributed by atoms with Gasteiger partial charge in [0.15, 0.2) is 0 Å². The molecular weight excluding hydrogens is 404 g/mol. The molecule has 2 N–H and O–H groups in total. The first-order valence-electron chi connectivity index (χ1n) is 10.1. The number of carbonyl (C=O) groups is 1. The first-order valence-corrected chi connectivity index (χ1v) is 10.1. The van der Waals surface area contributed by atoms with E-state index in [0.717, 1.165) is 22.6 Å². The number of nitrogens with one attached hydrogen (secondary N) is 2. The first-order chi connectivity index (χ1) is 15.7. The van der Waals surface area contributed by atoms with Crippen molar-refractivity contribution in [3.8, 4) is 17.2 Å². The Balaban J connectivity index is 1.61. The van der Waals surface area contributed by atoms with E-state index in [4.69, 9.17) is 9.47 Å². The van der Waals surface area contributed by atoms with E-state index in [1.165, 1.54) is 12.4 Å². The standard InChI is InChI=1S/C25H22N4O3/c1-3-24(30)29-22-14-20-21(15-23(22)31-4-2)26-16-27-25(20)28-17-10-12-19(13-11-17)32-18-8-6-5-7-9-18/h3,5-16H,1,4H2,2H3,(H,29,30)(H,26,27,28). The average molecular weight is 426 g/mol. The first kappa shape index (κ1) is 20.9. The number of para-hydroxylation sites is 1. The smallest absolute Gasteiger partial charge is 0.247 e. The second-order valence-electron chi connectivity index (χ2n) is 6.78. The van der Waals surface area contributed by atoms with E-state index in [9.17, 15) is 4.79 Å². The van der Waals surface area contributed by atoms with Crippen molar-refractivity contribution in [2.45, 2.75) is 6.92 Å². The molecule has 0 fully saturated rings. The van der Waals surface area contributed by atoms with E-state index in [0.29, 0.717) is 29.4 Å². The van der Waals surface area contributed by atoms with Crippen LogP contribution in [-0.4, -0.2) is 22.5 Å². The van der Waals surface area contributed by atoms with Gasteiger partial charge in [-0.25, -0.2) is 9.97 Å². The van der Waals surface area contributed by atoms with Gasteiger partial charge >= 0.3 is 0 Å². The maximum atomic E-state index is 11.9. The summed E-state index contributed by atoms with van der Waals surface area (Å²) in [7, 11) is 0. The number of aromatic nitrogens is 2. The summed E-state index contributed by atoms with van der Waals surface area (Å²) in [6, 6.07) is 20.7. The Labute approximate surface area is 185 Å². The highest BCUT2D eigenvalue weighted by Crippen LogP contribution is 2.33. The van der Waals surface area contributed by atoms with Gasteiger partial charge < -0.3 is 20.1 Å². The Morgan fingerprint density at radius 2 is 1.78 bits per heavy atom. The highest BCUT2D eigenvalue weighted by atomic mass is 16.5. The SMILES string of the molecule is C=CC(=O)Nc1cc2c(Nc3ccc(Oc4ccccc4)cc3)ncnc2cc1OCC. The lowest BCUT2D eigenvalue weighted by Crippen LogP contribution is -2.09. The highest BCUT2D eigenvalue weighted by Gasteiger charge is 2.12. The fraction of sp³-hybridized carbons (Fsp3) is 0.0800. The molecule has 1 heterocycles. The van der Waals surface area contributed by atoms with E-state index in [-0.39, 0.29) is 5.91 Å². The minimum absolute atomic E-state index is 0.328. The minimum atomic E-state index is -0.328. The van der Waals surface area contributed by atoms with E-state index >= 15 is 0 Å². The fourth-order valence-electron chi connectivity index (χ4n) is 3.11. The predicted octanol–water partition coefficient (Wildman–Crippen LogP) is 5.69. The summed E-state index contributed by atoms with van der Waals surface area (Å²) in [5.74, 6) is 2.30. The van der Waals surface area contributed by atoms with Crippen LogP contribution >= 0.6 is 0 Å². The number of hydrogen-bond donors (Lipinski definition) is 2. The second-order valence-corrected chi connectivity index (χ2v) is 6.78. The molecule has 4 aromatic rings. The Morgan fingerprint density at radius 1 is 1.03 bits per heavy atom. The Bertz CT molecular complexity index is 1240. The van der Waals surface area contributed by atoms with Crippen LogP contribution in [0.1, 0.15) is 6.92 Å². The minimum Gasteiger partial charge on any atom is -0.492 e. The molecule has 0 aliphatic carbocycles. The van der Waals surface area contributed by atoms with Gasteiger partial charge in [-0.05, 0) is 55.5 Å². The lowest BCUT2D eigenvalue weighted by molar-refractivity contribution is -0.111. The van der Waals surface area contributed by atoms with Gasteiger partial charge in [0.25, 0.3) is 0 Å². The van der Waals surface area contributed by atoms with Crippen LogP contribution in [0.15, 0.2) is 85.7 Å². The van der Waals surface area contributed by atoms with E-state index in [2.05, 4.69) is 27.2 Å². The molecule has 3 aromatic carbocycles. The quantitative estimate of drug-likeness (QED) is 0.352. The lowest BCUT2D eigenvalue weighted by Gasteiger charge is -2.14. The van der Waals surface area contributed by atoms with Crippen molar-refractivity contribution in [1.29, 1.82) is 0 Å². The number of anilines is 3. The summed E-state index contributed by atoms with van der Waals surface area (Å²) >= 11 is 0. The molecule has 7 nitrogen and oxygen atoms in total. The molecule has 1 aromatic heterocycles. The summed E-state index contributed by atoms with van der Waals surface area (Å²) in [5.41, 5.74) is 2.04. The summed E-state index contributed by atoms with van der Waals surface area (Å²) in [6.45, 7) is 5.83. The largest absolute Gasteiger partial charge is 0.492 e. The molecule has 0 spiro atoms. The van der Waals surface area contributed by atoms with Crippen molar-refractivity contribution in [2.24, 2.45) is 0 Å². The summed E-state index contributed by atoms with van der Waals surface area (Å²) in [6.07, 6.45) is 2.69. The van der Waals surface area contributed by atoms with E-state index < -0.39 is 0 Å². The number of benzene rings is 3. The van der Waals surface area contributed by atoms with E-state index in [1.54, 1.807) is 12.1 Å². The molecule has 0 radical (unpaired) electrons. The third kappa shape index (κ3) is 4.84. The average Bonchev–Trinajstić information content (AvgIpc) is 2.82. The predicted molar refractivity (Wildman–Crippen MR) is 126 cm³/mol. The molecule has 0 unspecified atom stereocenters. The third-order valence-corrected chi connectivity index (χ3v) is 4.58. The van der Waals surface area contributed by atoms with Crippen LogP contribution in [0.3, 0.4) is 0 Å². The monoisotopic (exact) mass is 426 g/mol. The fourth-order valence-corrected chi connectivity index (χ4v) is 3.11. The van der Waals surface area contributed by atoms with Gasteiger partial charge in [-0.15, -0.1) is 0 Å². The van der Waals surface area contributed by atoms with Gasteiger partial charge in [0.05, 0.1) is 17.8 Å². The van der Waals surface area contributed by atoms with Gasteiger partial charge in [0.2, 0.25) is 5.91 Å². The van der Waals surface area contributed by atoms with Crippen molar-refractivity contribution >= 4 is 34.0 Å². The maximum Gasteiger partial charge on any atom is 0.247 e. The Hall–Kier alpha value is -4.39. The topological polar surface area (TPSA) is 85.4 Å². The zero-order valence-corrected chi connectivity index (χ0v) is 17.5. The molecular formula is C25H22N4O3. The van der Waals surface area contributed by atoms with E-state index in [1.807, 2.05) is 61.5 Å². The summed E-state index contributed by atoms with van der Waals surface area (Å²) < 4.78 is 11.5. The van der Waals surface area contributed by atoms with Crippen LogP contribution < -0.4 is 20.1 Å². The van der Waals surface area contributed by atoms with Crippen LogP contribution in [0, 0.1) is 0 Å². The van der Waals surface area contributed by atoms with Crippen molar-refractivity contribution in [3.63, 3.8) is 0 Å². The molecule has 7 heteroatoms. The van der Waals surface area contributed by atoms with Gasteiger partial charge in [0.1, 0.15) is 29.4 Å². The van der Waals surface area contributed by atoms with Crippen LogP contribution in [0.25, 0.3) is 10.9 Å². The van der Waals surface area contributed by atoms with Gasteiger partial charge in [-0.1, -0.05) is 24.8 Å². The Morgan fingerprint density at radius 3 is 2.50 bits per heavy atom. The van der Waals surface area contributed by atoms with Crippen LogP contribution in [-0.2, 0) is 4.79 Å². The van der Waals surface area contributed by atoms with Crippen molar-refractivity contribution in [1.82, 2.24) is 9.97 Å². The molecule has 0 bridgehead atoms. The molecule has 0 atom stereocenters. The number of ether oxygens (including phenoxy) is 2. The van der Waals surface area contributed by atoms with Crippen molar-refractivity contribution in [3.05, 3.63) is 85.7 Å². The third-order valence-electron chi connectivity index (χ3n) is 4.58. The molecule has 0 saturated heterocycles. The molecule has 160 valence electrons. The Kier molecular flexibility index (Phi) is 6.27. The summed E-state index contributed by atoms with van der Waals surface area (Å²) in [5, 5.41) is 6.82. The number of carbonyl (C=O) groups excluding carboxylic acids is 1. The highest BCUT2D eigenvalue weighted by molar-refractivity contribution is 6.03.